The van der Waals surface area contributed by atoms with Gasteiger partial charge in [-0.15, -0.1) is 11.3 Å². The molecule has 7 rings (SSSR count). The van der Waals surface area contributed by atoms with Gasteiger partial charge in [-0.3, -0.25) is 10.2 Å². The maximum Gasteiger partial charge on any atom is 0.409 e. The fourth-order valence-corrected chi connectivity index (χ4v) is 8.06. The van der Waals surface area contributed by atoms with E-state index in [1.165, 1.54) is 6.07 Å². The molecule has 1 aliphatic carbocycles. The van der Waals surface area contributed by atoms with E-state index in [9.17, 15) is 23.9 Å². The number of benzene rings is 2. The molecule has 2 saturated heterocycles. The van der Waals surface area contributed by atoms with E-state index in [1.807, 2.05) is 18.0 Å². The summed E-state index contributed by atoms with van der Waals surface area (Å²) in [6.07, 6.45) is 1.58. The van der Waals surface area contributed by atoms with Crippen molar-refractivity contribution in [3.63, 3.8) is 0 Å². The van der Waals surface area contributed by atoms with Crippen molar-refractivity contribution in [3.05, 3.63) is 40.4 Å². The van der Waals surface area contributed by atoms with Crippen LogP contribution in [0, 0.1) is 23.0 Å². The first-order chi connectivity index (χ1) is 21.1. The first kappa shape index (κ1) is 28.9. The number of fused-ring (bicyclic) bond motifs is 3. The van der Waals surface area contributed by atoms with E-state index in [1.54, 1.807) is 6.07 Å². The lowest BCUT2D eigenvalue weighted by molar-refractivity contribution is 0.107. The van der Waals surface area contributed by atoms with E-state index >= 15 is 4.39 Å². The van der Waals surface area contributed by atoms with E-state index in [4.69, 9.17) is 16.3 Å². The van der Waals surface area contributed by atoms with Gasteiger partial charge in [0.1, 0.15) is 41.0 Å². The molecule has 2 atom stereocenters. The Morgan fingerprint density at radius 1 is 1.36 bits per heavy atom. The molecule has 2 aliphatic heterocycles. The number of hydrogen-bond donors (Lipinski definition) is 2. The highest BCUT2D eigenvalue weighted by Gasteiger charge is 2.49. The van der Waals surface area contributed by atoms with Crippen molar-refractivity contribution in [1.82, 2.24) is 14.9 Å². The number of carboxylic acid groups (broad SMARTS) is 1. The minimum atomic E-state index is -1.43. The van der Waals surface area contributed by atoms with Gasteiger partial charge in [-0.05, 0) is 49.9 Å². The monoisotopic (exact) mass is 642 g/mol. The summed E-state index contributed by atoms with van der Waals surface area (Å²) in [5, 5.41) is 21.6. The molecule has 2 N–H and O–H groups in total. The average molecular weight is 643 g/mol. The third kappa shape index (κ3) is 4.67. The Morgan fingerprint density at radius 3 is 2.89 bits per heavy atom. The number of halogens is 4. The number of ether oxygens (including phenoxy) is 1. The second-order valence-electron chi connectivity index (χ2n) is 11.6. The average Bonchev–Trinajstić information content (AvgIpc) is 3.56. The number of amides is 1. The van der Waals surface area contributed by atoms with Gasteiger partial charge >= 0.3 is 12.1 Å². The second-order valence-corrected chi connectivity index (χ2v) is 13.1. The van der Waals surface area contributed by atoms with Gasteiger partial charge < -0.3 is 14.7 Å². The number of nitrogens with one attached hydrogen (secondary N) is 1. The lowest BCUT2D eigenvalue weighted by Gasteiger charge is -2.31. The van der Waals surface area contributed by atoms with Gasteiger partial charge in [-0.25, -0.2) is 18.0 Å². The predicted molar refractivity (Wildman–Crippen MR) is 162 cm³/mol. The largest absolute Gasteiger partial charge is 0.465 e. The van der Waals surface area contributed by atoms with Crippen LogP contribution in [0.1, 0.15) is 37.7 Å². The zero-order valence-corrected chi connectivity index (χ0v) is 25.0. The summed E-state index contributed by atoms with van der Waals surface area (Å²) in [5.74, 6) is -1.10. The summed E-state index contributed by atoms with van der Waals surface area (Å²) in [4.78, 5) is 24.5. The molecule has 9 nitrogen and oxygen atoms in total. The number of rotatable bonds is 7. The quantitative estimate of drug-likeness (QED) is 0.222. The van der Waals surface area contributed by atoms with Gasteiger partial charge in [0.2, 0.25) is 0 Å². The Bertz CT molecular complexity index is 1900. The van der Waals surface area contributed by atoms with Crippen LogP contribution in [0.2, 0.25) is 5.02 Å². The Kier molecular flexibility index (Phi) is 6.99. The zero-order chi connectivity index (χ0) is 30.9. The normalized spacial score (nSPS) is 21.5. The number of alkyl halides is 1. The van der Waals surface area contributed by atoms with Crippen molar-refractivity contribution in [3.8, 4) is 23.2 Å². The molecular formula is C30H26ClF3N6O3S. The van der Waals surface area contributed by atoms with Crippen LogP contribution < -0.4 is 15.0 Å². The standard InChI is InChI=1S/C30H26ClF3N6O3S/c1-39(15-3-4-15)26-17-9-19(31)22(16-5-6-20(33)25-21(16)18(11-35)27(44-25)38-29(41)42)23(34)24(17)36-28(37-26)43-13-30-7-2-8-40(30)12-14(32)10-30/h5-6,9,14-15,38H,2-4,7-8,10,12-13H2,1H3,(H,41,42)/t14-,30+/m1/s1. The Hall–Kier alpha value is -3.86. The molecule has 2 aromatic heterocycles. The van der Waals surface area contributed by atoms with Crippen LogP contribution in [0.3, 0.4) is 0 Å². The Morgan fingerprint density at radius 2 is 2.16 bits per heavy atom. The van der Waals surface area contributed by atoms with Gasteiger partial charge in [0.05, 0.1) is 20.8 Å². The second kappa shape index (κ2) is 10.6. The van der Waals surface area contributed by atoms with Gasteiger partial charge in [0.15, 0.2) is 5.82 Å². The third-order valence-electron chi connectivity index (χ3n) is 8.89. The summed E-state index contributed by atoms with van der Waals surface area (Å²) < 4.78 is 52.2. The van der Waals surface area contributed by atoms with E-state index < -0.39 is 29.4 Å². The highest BCUT2D eigenvalue weighted by atomic mass is 35.5. The predicted octanol–water partition coefficient (Wildman–Crippen LogP) is 6.96. The molecule has 3 aliphatic rings. The summed E-state index contributed by atoms with van der Waals surface area (Å²) in [5.41, 5.74) is -0.709. The number of hydrogen-bond acceptors (Lipinski definition) is 8. The number of nitriles is 1. The maximum atomic E-state index is 16.8. The molecular weight excluding hydrogens is 617 g/mol. The first-order valence-corrected chi connectivity index (χ1v) is 15.4. The van der Waals surface area contributed by atoms with E-state index in [0.29, 0.717) is 24.2 Å². The Balaban J connectivity index is 1.39. The molecule has 14 heteroatoms. The van der Waals surface area contributed by atoms with Crippen LogP contribution in [-0.2, 0) is 0 Å². The number of nitrogens with zero attached hydrogens (tertiary/aromatic N) is 5. The summed E-state index contributed by atoms with van der Waals surface area (Å²) in [7, 11) is 1.86. The van der Waals surface area contributed by atoms with Gasteiger partial charge in [0.25, 0.3) is 0 Å². The number of aromatic nitrogens is 2. The molecule has 3 fully saturated rings. The number of anilines is 2. The molecule has 4 heterocycles. The fraction of sp³-hybridized carbons (Fsp3) is 0.400. The molecule has 0 spiro atoms. The van der Waals surface area contributed by atoms with Crippen LogP contribution in [0.15, 0.2) is 18.2 Å². The maximum absolute atomic E-state index is 16.8. The molecule has 228 valence electrons. The van der Waals surface area contributed by atoms with Gasteiger partial charge in [0, 0.05) is 42.4 Å². The zero-order valence-electron chi connectivity index (χ0n) is 23.5. The van der Waals surface area contributed by atoms with Crippen molar-refractivity contribution in [2.24, 2.45) is 0 Å². The van der Waals surface area contributed by atoms with Crippen LogP contribution in [0.25, 0.3) is 32.1 Å². The smallest absolute Gasteiger partial charge is 0.409 e. The molecule has 2 aromatic carbocycles. The number of carbonyl (C=O) groups is 1. The van der Waals surface area contributed by atoms with Crippen molar-refractivity contribution < 1.29 is 27.8 Å². The minimum Gasteiger partial charge on any atom is -0.465 e. The van der Waals surface area contributed by atoms with Gasteiger partial charge in [-0.2, -0.15) is 15.2 Å². The van der Waals surface area contributed by atoms with E-state index in [0.717, 1.165) is 49.6 Å². The molecule has 0 bridgehead atoms. The molecule has 1 amide bonds. The van der Waals surface area contributed by atoms with Crippen molar-refractivity contribution in [2.45, 2.75) is 49.9 Å². The lowest BCUT2D eigenvalue weighted by Crippen LogP contribution is -2.43. The summed E-state index contributed by atoms with van der Waals surface area (Å²) >= 11 is 7.47. The van der Waals surface area contributed by atoms with Crippen LogP contribution >= 0.6 is 22.9 Å². The van der Waals surface area contributed by atoms with Crippen LogP contribution in [0.5, 0.6) is 6.01 Å². The van der Waals surface area contributed by atoms with Crippen molar-refractivity contribution in [2.75, 3.05) is 37.0 Å². The van der Waals surface area contributed by atoms with Crippen LogP contribution in [0.4, 0.5) is 28.8 Å². The highest BCUT2D eigenvalue weighted by molar-refractivity contribution is 7.23. The Labute approximate surface area is 258 Å². The molecule has 0 radical (unpaired) electrons. The van der Waals surface area contributed by atoms with Gasteiger partial charge in [-0.1, -0.05) is 17.7 Å². The highest BCUT2D eigenvalue weighted by Crippen LogP contribution is 2.47. The molecule has 1 saturated carbocycles. The third-order valence-corrected chi connectivity index (χ3v) is 10.3. The van der Waals surface area contributed by atoms with Crippen molar-refractivity contribution in [1.29, 1.82) is 5.26 Å². The molecule has 44 heavy (non-hydrogen) atoms. The van der Waals surface area contributed by atoms with E-state index in [2.05, 4.69) is 20.2 Å². The number of thiophene rings is 1. The SMILES string of the molecule is CN(c1nc(OC[C@@]23CCCN2C[C@H](F)C3)nc2c(F)c(-c3ccc(F)c4sc(NC(=O)O)c(C#N)c34)c(Cl)cc12)C1CC1. The molecule has 4 aromatic rings. The molecule has 0 unspecified atom stereocenters. The summed E-state index contributed by atoms with van der Waals surface area (Å²) in [6.45, 7) is 1.31. The lowest BCUT2D eigenvalue weighted by atomic mass is 9.95. The van der Waals surface area contributed by atoms with Crippen LogP contribution in [-0.4, -0.2) is 70.6 Å². The van der Waals surface area contributed by atoms with E-state index in [-0.39, 0.29) is 61.0 Å². The topological polar surface area (TPSA) is 115 Å². The summed E-state index contributed by atoms with van der Waals surface area (Å²) in [6, 6.07) is 6.04. The van der Waals surface area contributed by atoms with Crippen molar-refractivity contribution >= 4 is 60.8 Å². The minimum absolute atomic E-state index is 0.0195. The first-order valence-electron chi connectivity index (χ1n) is 14.2. The fourth-order valence-electron chi connectivity index (χ4n) is 6.69.